The predicted octanol–water partition coefficient (Wildman–Crippen LogP) is 1.51. The number of carboxylic acid groups (broad SMARTS) is 1. The topological polar surface area (TPSA) is 66.4 Å². The van der Waals surface area contributed by atoms with Gasteiger partial charge in [0.25, 0.3) is 0 Å². The molecular formula is C9H14F3NO3S. The first kappa shape index (κ1) is 16.1. The lowest BCUT2D eigenvalue weighted by Gasteiger charge is -2.10. The highest BCUT2D eigenvalue weighted by atomic mass is 32.2. The second-order valence-electron chi connectivity index (χ2n) is 3.62. The smallest absolute Gasteiger partial charge is 0.397 e. The summed E-state index contributed by atoms with van der Waals surface area (Å²) in [6.45, 7) is 1.79. The average molecular weight is 273 g/mol. The van der Waals surface area contributed by atoms with E-state index in [0.29, 0.717) is 11.8 Å². The molecule has 2 N–H and O–H groups in total. The molecule has 0 aromatic heterocycles. The van der Waals surface area contributed by atoms with E-state index >= 15 is 0 Å². The van der Waals surface area contributed by atoms with Crippen molar-refractivity contribution in [1.82, 2.24) is 5.32 Å². The third-order valence-electron chi connectivity index (χ3n) is 1.67. The summed E-state index contributed by atoms with van der Waals surface area (Å²) in [7, 11) is 0. The number of halogens is 3. The Balaban J connectivity index is 3.63. The van der Waals surface area contributed by atoms with E-state index in [1.807, 2.05) is 0 Å². The number of nitrogens with one attached hydrogen (secondary N) is 1. The fraction of sp³-hybridized carbons (Fsp3) is 0.778. The van der Waals surface area contributed by atoms with Gasteiger partial charge in [0, 0.05) is 13.0 Å². The Kier molecular flexibility index (Phi) is 7.01. The van der Waals surface area contributed by atoms with E-state index in [4.69, 9.17) is 5.11 Å². The second kappa shape index (κ2) is 7.41. The molecule has 1 amide bonds. The zero-order valence-electron chi connectivity index (χ0n) is 9.21. The van der Waals surface area contributed by atoms with Crippen LogP contribution in [0.15, 0.2) is 0 Å². The van der Waals surface area contributed by atoms with Gasteiger partial charge in [0.15, 0.2) is 0 Å². The quantitative estimate of drug-likeness (QED) is 0.738. The van der Waals surface area contributed by atoms with E-state index in [9.17, 15) is 22.8 Å². The lowest BCUT2D eigenvalue weighted by Crippen LogP contribution is -2.31. The van der Waals surface area contributed by atoms with E-state index in [0.717, 1.165) is 0 Å². The normalized spacial score (nSPS) is 13.2. The summed E-state index contributed by atoms with van der Waals surface area (Å²) in [5, 5.41) is 10.8. The minimum Gasteiger partial charge on any atom is -0.481 e. The Hall–Kier alpha value is -0.920. The molecule has 0 bridgehead atoms. The van der Waals surface area contributed by atoms with Gasteiger partial charge in [0.2, 0.25) is 5.91 Å². The standard InChI is InChI=1S/C9H14F3NO3S/c1-6(2-8(15)16)3-13-7(14)4-17-5-9(10,11)12/h6H,2-5H2,1H3,(H,13,14)(H,15,16). The van der Waals surface area contributed by atoms with Crippen molar-refractivity contribution < 1.29 is 27.9 Å². The molecule has 0 spiro atoms. The summed E-state index contributed by atoms with van der Waals surface area (Å²) >= 11 is 0.481. The third kappa shape index (κ3) is 11.3. The lowest BCUT2D eigenvalue weighted by molar-refractivity contribution is -0.138. The Morgan fingerprint density at radius 3 is 2.47 bits per heavy atom. The Bertz CT molecular complexity index is 271. The van der Waals surface area contributed by atoms with E-state index < -0.39 is 23.8 Å². The summed E-state index contributed by atoms with van der Waals surface area (Å²) < 4.78 is 35.2. The number of hydrogen-bond donors (Lipinski definition) is 2. The molecule has 17 heavy (non-hydrogen) atoms. The molecule has 0 saturated carbocycles. The summed E-state index contributed by atoms with van der Waals surface area (Å²) in [4.78, 5) is 21.4. The molecule has 0 aliphatic rings. The van der Waals surface area contributed by atoms with Crippen LogP contribution in [-0.2, 0) is 9.59 Å². The van der Waals surface area contributed by atoms with Crippen molar-refractivity contribution >= 4 is 23.6 Å². The van der Waals surface area contributed by atoms with Crippen LogP contribution in [0.1, 0.15) is 13.3 Å². The maximum absolute atomic E-state index is 11.7. The first-order valence-electron chi connectivity index (χ1n) is 4.83. The van der Waals surface area contributed by atoms with E-state index in [1.165, 1.54) is 0 Å². The second-order valence-corrected chi connectivity index (χ2v) is 4.60. The van der Waals surface area contributed by atoms with Crippen molar-refractivity contribution in [3.63, 3.8) is 0 Å². The fourth-order valence-electron chi connectivity index (χ4n) is 0.969. The van der Waals surface area contributed by atoms with Gasteiger partial charge in [-0.15, -0.1) is 11.8 Å². The molecule has 8 heteroatoms. The van der Waals surface area contributed by atoms with Crippen LogP contribution in [0.3, 0.4) is 0 Å². The van der Waals surface area contributed by atoms with Gasteiger partial charge in [-0.2, -0.15) is 13.2 Å². The minimum atomic E-state index is -4.28. The van der Waals surface area contributed by atoms with Gasteiger partial charge >= 0.3 is 12.1 Å². The number of aliphatic carboxylic acids is 1. The van der Waals surface area contributed by atoms with E-state index in [-0.39, 0.29) is 24.6 Å². The molecule has 0 heterocycles. The van der Waals surface area contributed by atoms with Crippen LogP contribution in [0.5, 0.6) is 0 Å². The Morgan fingerprint density at radius 1 is 1.41 bits per heavy atom. The number of carboxylic acids is 1. The van der Waals surface area contributed by atoms with Gasteiger partial charge in [-0.25, -0.2) is 0 Å². The average Bonchev–Trinajstić information content (AvgIpc) is 2.11. The Labute approximate surface area is 101 Å². The number of thioether (sulfide) groups is 1. The number of alkyl halides is 3. The molecule has 0 fully saturated rings. The van der Waals surface area contributed by atoms with Crippen molar-refractivity contribution in [2.45, 2.75) is 19.5 Å². The Morgan fingerprint density at radius 2 is 2.00 bits per heavy atom. The van der Waals surface area contributed by atoms with Gasteiger partial charge in [-0.1, -0.05) is 6.92 Å². The van der Waals surface area contributed by atoms with Crippen LogP contribution >= 0.6 is 11.8 Å². The van der Waals surface area contributed by atoms with Gasteiger partial charge in [-0.05, 0) is 5.92 Å². The highest BCUT2D eigenvalue weighted by Gasteiger charge is 2.27. The SMILES string of the molecule is CC(CNC(=O)CSCC(F)(F)F)CC(=O)O. The maximum Gasteiger partial charge on any atom is 0.397 e. The molecule has 0 saturated heterocycles. The van der Waals surface area contributed by atoms with Crippen molar-refractivity contribution in [2.75, 3.05) is 18.1 Å². The predicted molar refractivity (Wildman–Crippen MR) is 57.8 cm³/mol. The molecule has 4 nitrogen and oxygen atoms in total. The number of carbonyl (C=O) groups excluding carboxylic acids is 1. The number of rotatable bonds is 7. The lowest BCUT2D eigenvalue weighted by atomic mass is 10.1. The zero-order chi connectivity index (χ0) is 13.5. The monoisotopic (exact) mass is 273 g/mol. The van der Waals surface area contributed by atoms with Gasteiger partial charge in [0.05, 0.1) is 11.5 Å². The molecule has 1 unspecified atom stereocenters. The van der Waals surface area contributed by atoms with Crippen molar-refractivity contribution in [3.8, 4) is 0 Å². The molecule has 0 aromatic rings. The summed E-state index contributed by atoms with van der Waals surface area (Å²) in [5.41, 5.74) is 0. The van der Waals surface area contributed by atoms with Crippen LogP contribution in [0.2, 0.25) is 0 Å². The number of hydrogen-bond acceptors (Lipinski definition) is 3. The summed E-state index contributed by atoms with van der Waals surface area (Å²) in [6.07, 6.45) is -4.36. The van der Waals surface area contributed by atoms with Crippen LogP contribution in [0.4, 0.5) is 13.2 Å². The molecule has 0 aliphatic carbocycles. The highest BCUT2D eigenvalue weighted by molar-refractivity contribution is 8.00. The fourth-order valence-corrected chi connectivity index (χ4v) is 1.59. The van der Waals surface area contributed by atoms with Crippen molar-refractivity contribution in [1.29, 1.82) is 0 Å². The van der Waals surface area contributed by atoms with Crippen LogP contribution in [0.25, 0.3) is 0 Å². The number of carbonyl (C=O) groups is 2. The third-order valence-corrected chi connectivity index (χ3v) is 2.67. The highest BCUT2D eigenvalue weighted by Crippen LogP contribution is 2.20. The molecule has 100 valence electrons. The van der Waals surface area contributed by atoms with Gasteiger partial charge in [-0.3, -0.25) is 9.59 Å². The van der Waals surface area contributed by atoms with E-state index in [2.05, 4.69) is 5.32 Å². The van der Waals surface area contributed by atoms with Crippen molar-refractivity contribution in [2.24, 2.45) is 5.92 Å². The molecular weight excluding hydrogens is 259 g/mol. The zero-order valence-corrected chi connectivity index (χ0v) is 10.0. The van der Waals surface area contributed by atoms with Crippen LogP contribution in [-0.4, -0.2) is 41.2 Å². The first-order chi connectivity index (χ1) is 7.70. The molecule has 0 radical (unpaired) electrons. The molecule has 0 rings (SSSR count). The molecule has 0 aromatic carbocycles. The largest absolute Gasteiger partial charge is 0.481 e. The molecule has 1 atom stereocenters. The maximum atomic E-state index is 11.7. The minimum absolute atomic E-state index is 0.0873. The number of amides is 1. The summed E-state index contributed by atoms with van der Waals surface area (Å²) in [5.74, 6) is -3.08. The summed E-state index contributed by atoms with van der Waals surface area (Å²) in [6, 6.07) is 0. The van der Waals surface area contributed by atoms with E-state index in [1.54, 1.807) is 6.92 Å². The van der Waals surface area contributed by atoms with Crippen LogP contribution < -0.4 is 5.32 Å². The van der Waals surface area contributed by atoms with Crippen molar-refractivity contribution in [3.05, 3.63) is 0 Å². The van der Waals surface area contributed by atoms with Crippen LogP contribution in [0, 0.1) is 5.92 Å². The van der Waals surface area contributed by atoms with Gasteiger partial charge < -0.3 is 10.4 Å². The first-order valence-corrected chi connectivity index (χ1v) is 5.99. The molecule has 0 aliphatic heterocycles. The van der Waals surface area contributed by atoms with Gasteiger partial charge in [0.1, 0.15) is 0 Å².